The van der Waals surface area contributed by atoms with Crippen molar-refractivity contribution in [1.29, 1.82) is 0 Å². The van der Waals surface area contributed by atoms with E-state index in [4.69, 9.17) is 4.74 Å². The van der Waals surface area contributed by atoms with Crippen LogP contribution in [0.5, 0.6) is 0 Å². The standard InChI is InChI=1S/C16H20O/c1-5-9-13(7-3)16-12-11-14(8-4)15(17-16)10-6-2/h5-10,16H,1-3,11-12H2,4H3/b13-9+,14-8-,15-10+. The highest BCUT2D eigenvalue weighted by Crippen LogP contribution is 2.31. The molecule has 0 N–H and O–H groups in total. The van der Waals surface area contributed by atoms with Crippen molar-refractivity contribution in [1.82, 2.24) is 0 Å². The molecule has 0 spiro atoms. The number of ether oxygens (including phenoxy) is 1. The quantitative estimate of drug-likeness (QED) is 0.645. The molecule has 0 amide bonds. The molecule has 1 aliphatic rings. The zero-order chi connectivity index (χ0) is 12.7. The van der Waals surface area contributed by atoms with Crippen LogP contribution in [0.2, 0.25) is 0 Å². The highest BCUT2D eigenvalue weighted by molar-refractivity contribution is 5.34. The van der Waals surface area contributed by atoms with Crippen LogP contribution in [0, 0.1) is 0 Å². The average Bonchev–Trinajstić information content (AvgIpc) is 2.36. The van der Waals surface area contributed by atoms with Crippen LogP contribution in [0.1, 0.15) is 19.8 Å². The molecular weight excluding hydrogens is 208 g/mol. The van der Waals surface area contributed by atoms with Crippen molar-refractivity contribution < 1.29 is 4.74 Å². The lowest BCUT2D eigenvalue weighted by Gasteiger charge is -2.28. The summed E-state index contributed by atoms with van der Waals surface area (Å²) < 4.78 is 5.97. The van der Waals surface area contributed by atoms with Crippen LogP contribution in [0.15, 0.2) is 73.1 Å². The third-order valence-corrected chi connectivity index (χ3v) is 2.80. The van der Waals surface area contributed by atoms with Crippen LogP contribution < -0.4 is 0 Å². The van der Waals surface area contributed by atoms with Gasteiger partial charge in [-0.1, -0.05) is 50.1 Å². The fraction of sp³-hybridized carbons (Fsp3) is 0.250. The first-order valence-corrected chi connectivity index (χ1v) is 5.86. The zero-order valence-corrected chi connectivity index (χ0v) is 10.5. The van der Waals surface area contributed by atoms with Crippen molar-refractivity contribution in [3.05, 3.63) is 73.1 Å². The molecule has 1 aliphatic heterocycles. The molecule has 0 aromatic heterocycles. The van der Waals surface area contributed by atoms with E-state index in [-0.39, 0.29) is 6.10 Å². The van der Waals surface area contributed by atoms with Crippen molar-refractivity contribution in [2.24, 2.45) is 0 Å². The van der Waals surface area contributed by atoms with Crippen molar-refractivity contribution >= 4 is 0 Å². The van der Waals surface area contributed by atoms with Crippen LogP contribution in [0.4, 0.5) is 0 Å². The predicted molar refractivity (Wildman–Crippen MR) is 74.6 cm³/mol. The van der Waals surface area contributed by atoms with Gasteiger partial charge in [-0.3, -0.25) is 0 Å². The van der Waals surface area contributed by atoms with Gasteiger partial charge in [0.05, 0.1) is 0 Å². The summed E-state index contributed by atoms with van der Waals surface area (Å²) in [6.45, 7) is 13.3. The van der Waals surface area contributed by atoms with E-state index in [0.717, 1.165) is 24.2 Å². The van der Waals surface area contributed by atoms with Gasteiger partial charge in [0.25, 0.3) is 0 Å². The van der Waals surface area contributed by atoms with E-state index in [0.29, 0.717) is 0 Å². The van der Waals surface area contributed by atoms with E-state index in [2.05, 4.69) is 25.8 Å². The normalized spacial score (nSPS) is 25.5. The summed E-state index contributed by atoms with van der Waals surface area (Å²) in [4.78, 5) is 0. The summed E-state index contributed by atoms with van der Waals surface area (Å²) >= 11 is 0. The summed E-state index contributed by atoms with van der Waals surface area (Å²) in [5, 5.41) is 0. The molecule has 90 valence electrons. The second kappa shape index (κ2) is 6.74. The lowest BCUT2D eigenvalue weighted by atomic mass is 9.96. The maximum Gasteiger partial charge on any atom is 0.124 e. The van der Waals surface area contributed by atoms with Crippen LogP contribution in [0.3, 0.4) is 0 Å². The van der Waals surface area contributed by atoms with Gasteiger partial charge in [-0.15, -0.1) is 0 Å². The Hall–Kier alpha value is -1.76. The molecule has 1 heterocycles. The van der Waals surface area contributed by atoms with E-state index >= 15 is 0 Å². The zero-order valence-electron chi connectivity index (χ0n) is 10.5. The minimum Gasteiger partial charge on any atom is -0.485 e. The molecule has 1 atom stereocenters. The van der Waals surface area contributed by atoms with E-state index < -0.39 is 0 Å². The Morgan fingerprint density at radius 3 is 2.59 bits per heavy atom. The molecule has 1 nitrogen and oxygen atoms in total. The molecule has 0 bridgehead atoms. The molecule has 1 fully saturated rings. The molecule has 0 aliphatic carbocycles. The maximum atomic E-state index is 5.97. The summed E-state index contributed by atoms with van der Waals surface area (Å²) in [6, 6.07) is 0. The Labute approximate surface area is 104 Å². The van der Waals surface area contributed by atoms with E-state index in [1.165, 1.54) is 5.57 Å². The monoisotopic (exact) mass is 228 g/mol. The van der Waals surface area contributed by atoms with E-state index in [1.807, 2.05) is 25.2 Å². The lowest BCUT2D eigenvalue weighted by Crippen LogP contribution is -2.20. The smallest absolute Gasteiger partial charge is 0.124 e. The van der Waals surface area contributed by atoms with Crippen LogP contribution in [-0.2, 0) is 4.74 Å². The largest absolute Gasteiger partial charge is 0.485 e. The third-order valence-electron chi connectivity index (χ3n) is 2.80. The van der Waals surface area contributed by atoms with Gasteiger partial charge >= 0.3 is 0 Å². The maximum absolute atomic E-state index is 5.97. The Morgan fingerprint density at radius 1 is 1.29 bits per heavy atom. The summed E-state index contributed by atoms with van der Waals surface area (Å²) in [6.07, 6.45) is 13.4. The molecule has 1 heteroatoms. The van der Waals surface area contributed by atoms with Gasteiger partial charge in [-0.2, -0.15) is 0 Å². The van der Waals surface area contributed by atoms with Crippen molar-refractivity contribution in [3.63, 3.8) is 0 Å². The van der Waals surface area contributed by atoms with Gasteiger partial charge in [0.1, 0.15) is 11.9 Å². The highest BCUT2D eigenvalue weighted by atomic mass is 16.5. The number of hydrogen-bond acceptors (Lipinski definition) is 1. The van der Waals surface area contributed by atoms with Gasteiger partial charge in [0.15, 0.2) is 0 Å². The van der Waals surface area contributed by atoms with Gasteiger partial charge in [-0.25, -0.2) is 0 Å². The van der Waals surface area contributed by atoms with Crippen molar-refractivity contribution in [2.45, 2.75) is 25.9 Å². The number of allylic oxidation sites excluding steroid dienone is 6. The third kappa shape index (κ3) is 3.35. The molecule has 1 rings (SSSR count). The van der Waals surface area contributed by atoms with Crippen molar-refractivity contribution in [2.75, 3.05) is 0 Å². The number of hydrogen-bond donors (Lipinski definition) is 0. The Balaban J connectivity index is 2.92. The second-order valence-corrected chi connectivity index (χ2v) is 3.83. The minimum absolute atomic E-state index is 0.0698. The van der Waals surface area contributed by atoms with Gasteiger partial charge < -0.3 is 4.74 Å². The number of rotatable bonds is 4. The molecule has 1 saturated heterocycles. The first-order chi connectivity index (χ1) is 8.26. The highest BCUT2D eigenvalue weighted by Gasteiger charge is 2.22. The molecular formula is C16H20O. The van der Waals surface area contributed by atoms with Crippen molar-refractivity contribution in [3.8, 4) is 0 Å². The Kier molecular flexibility index (Phi) is 5.28. The van der Waals surface area contributed by atoms with Gasteiger partial charge in [-0.05, 0) is 37.0 Å². The Morgan fingerprint density at radius 2 is 2.06 bits per heavy atom. The SMILES string of the molecule is C=C/C=C1/OC(/C(C=C)=C/C=C)CC/C1=C/C. The first kappa shape index (κ1) is 13.3. The van der Waals surface area contributed by atoms with E-state index in [1.54, 1.807) is 12.2 Å². The summed E-state index contributed by atoms with van der Waals surface area (Å²) in [7, 11) is 0. The van der Waals surface area contributed by atoms with Crippen LogP contribution in [-0.4, -0.2) is 6.10 Å². The fourth-order valence-corrected chi connectivity index (χ4v) is 1.92. The predicted octanol–water partition coefficient (Wildman–Crippen LogP) is 4.48. The molecule has 0 aromatic rings. The fourth-order valence-electron chi connectivity index (χ4n) is 1.92. The lowest BCUT2D eigenvalue weighted by molar-refractivity contribution is 0.126. The average molecular weight is 228 g/mol. The topological polar surface area (TPSA) is 9.23 Å². The van der Waals surface area contributed by atoms with Crippen LogP contribution >= 0.6 is 0 Å². The summed E-state index contributed by atoms with van der Waals surface area (Å²) in [5.41, 5.74) is 2.31. The van der Waals surface area contributed by atoms with Crippen LogP contribution in [0.25, 0.3) is 0 Å². The minimum atomic E-state index is 0.0698. The van der Waals surface area contributed by atoms with E-state index in [9.17, 15) is 0 Å². The molecule has 0 aromatic carbocycles. The molecule has 0 saturated carbocycles. The summed E-state index contributed by atoms with van der Waals surface area (Å²) in [5.74, 6) is 0.913. The van der Waals surface area contributed by atoms with Gasteiger partial charge in [0.2, 0.25) is 0 Å². The Bertz CT molecular complexity index is 394. The first-order valence-electron chi connectivity index (χ1n) is 5.86. The van der Waals surface area contributed by atoms with Gasteiger partial charge in [0, 0.05) is 0 Å². The molecule has 17 heavy (non-hydrogen) atoms. The molecule has 1 unspecified atom stereocenters. The molecule has 0 radical (unpaired) electrons. The second-order valence-electron chi connectivity index (χ2n) is 3.83.